The number of rotatable bonds is 3. The molecule has 3 nitrogen and oxygen atoms in total. The lowest BCUT2D eigenvalue weighted by Crippen LogP contribution is -2.25. The third-order valence-corrected chi connectivity index (χ3v) is 4.53. The van der Waals surface area contributed by atoms with E-state index in [9.17, 15) is 8.42 Å². The Morgan fingerprint density at radius 3 is 2.38 bits per heavy atom. The van der Waals surface area contributed by atoms with Crippen molar-refractivity contribution in [3.05, 3.63) is 0 Å². The van der Waals surface area contributed by atoms with Crippen molar-refractivity contribution in [3.63, 3.8) is 0 Å². The molecule has 0 saturated carbocycles. The molecule has 1 aliphatic heterocycles. The summed E-state index contributed by atoms with van der Waals surface area (Å²) < 4.78 is 22.3. The van der Waals surface area contributed by atoms with Gasteiger partial charge in [-0.05, 0) is 37.6 Å². The third kappa shape index (κ3) is 3.65. The molecular weight excluding hydrogens is 186 g/mol. The summed E-state index contributed by atoms with van der Waals surface area (Å²) in [4.78, 5) is 0. The summed E-state index contributed by atoms with van der Waals surface area (Å²) in [6.45, 7) is 2.84. The van der Waals surface area contributed by atoms with Crippen LogP contribution in [0.4, 0.5) is 0 Å². The molecule has 0 aromatic rings. The molecule has 4 heteroatoms. The second-order valence-corrected chi connectivity index (χ2v) is 6.48. The highest BCUT2D eigenvalue weighted by atomic mass is 32.2. The van der Waals surface area contributed by atoms with Crippen molar-refractivity contribution in [1.82, 2.24) is 0 Å². The van der Waals surface area contributed by atoms with Gasteiger partial charge in [0.05, 0.1) is 11.5 Å². The molecule has 2 N–H and O–H groups in total. The summed E-state index contributed by atoms with van der Waals surface area (Å²) in [5, 5.41) is 0. The fourth-order valence-electron chi connectivity index (χ4n) is 1.84. The SMILES string of the molecule is CC(CN)CC1CCS(=O)(=O)CC1. The van der Waals surface area contributed by atoms with E-state index in [2.05, 4.69) is 6.92 Å². The first-order chi connectivity index (χ1) is 6.03. The molecule has 13 heavy (non-hydrogen) atoms. The smallest absolute Gasteiger partial charge is 0.150 e. The van der Waals surface area contributed by atoms with Crippen molar-refractivity contribution in [2.24, 2.45) is 17.6 Å². The number of hydrogen-bond donors (Lipinski definition) is 1. The number of nitrogens with two attached hydrogens (primary N) is 1. The average Bonchev–Trinajstić information content (AvgIpc) is 2.08. The molecule has 1 atom stereocenters. The van der Waals surface area contributed by atoms with E-state index in [1.807, 2.05) is 0 Å². The molecule has 0 aromatic heterocycles. The second-order valence-electron chi connectivity index (χ2n) is 4.17. The van der Waals surface area contributed by atoms with E-state index >= 15 is 0 Å². The van der Waals surface area contributed by atoms with Gasteiger partial charge in [0.2, 0.25) is 0 Å². The lowest BCUT2D eigenvalue weighted by molar-refractivity contribution is 0.367. The molecule has 78 valence electrons. The standard InChI is InChI=1S/C9H19NO2S/c1-8(7-10)6-9-2-4-13(11,12)5-3-9/h8-9H,2-7,10H2,1H3. The monoisotopic (exact) mass is 205 g/mol. The van der Waals surface area contributed by atoms with Crippen LogP contribution in [0.3, 0.4) is 0 Å². The van der Waals surface area contributed by atoms with Crippen molar-refractivity contribution in [2.45, 2.75) is 26.2 Å². The molecular formula is C9H19NO2S. The van der Waals surface area contributed by atoms with Crippen LogP contribution in [0.25, 0.3) is 0 Å². The Bertz CT molecular complexity index is 234. The zero-order valence-corrected chi connectivity index (χ0v) is 9.02. The van der Waals surface area contributed by atoms with Crippen LogP contribution in [0, 0.1) is 11.8 Å². The highest BCUT2D eigenvalue weighted by Gasteiger charge is 2.24. The zero-order valence-electron chi connectivity index (χ0n) is 8.20. The lowest BCUT2D eigenvalue weighted by Gasteiger charge is -2.24. The van der Waals surface area contributed by atoms with Crippen LogP contribution in [0.2, 0.25) is 0 Å². The van der Waals surface area contributed by atoms with Gasteiger partial charge < -0.3 is 5.73 Å². The predicted octanol–water partition coefficient (Wildman–Crippen LogP) is 0.796. The molecule has 0 radical (unpaired) electrons. The van der Waals surface area contributed by atoms with Gasteiger partial charge in [0.15, 0.2) is 0 Å². The summed E-state index contributed by atoms with van der Waals surface area (Å²) in [5.74, 6) is 1.89. The molecule has 1 saturated heterocycles. The summed E-state index contributed by atoms with van der Waals surface area (Å²) >= 11 is 0. The van der Waals surface area contributed by atoms with Gasteiger partial charge in [-0.3, -0.25) is 0 Å². The Balaban J connectivity index is 2.33. The zero-order chi connectivity index (χ0) is 9.90. The molecule has 1 rings (SSSR count). The van der Waals surface area contributed by atoms with Gasteiger partial charge in [0.25, 0.3) is 0 Å². The fourth-order valence-corrected chi connectivity index (χ4v) is 3.43. The maximum Gasteiger partial charge on any atom is 0.150 e. The fraction of sp³-hybridized carbons (Fsp3) is 1.00. The summed E-state index contributed by atoms with van der Waals surface area (Å²) in [6, 6.07) is 0. The van der Waals surface area contributed by atoms with E-state index in [-0.39, 0.29) is 0 Å². The first-order valence-corrected chi connectivity index (χ1v) is 6.76. The van der Waals surface area contributed by atoms with Crippen LogP contribution in [0.5, 0.6) is 0 Å². The van der Waals surface area contributed by atoms with E-state index < -0.39 is 9.84 Å². The van der Waals surface area contributed by atoms with Gasteiger partial charge in [0, 0.05) is 0 Å². The van der Waals surface area contributed by atoms with Crippen LogP contribution in [-0.4, -0.2) is 26.5 Å². The van der Waals surface area contributed by atoms with Gasteiger partial charge >= 0.3 is 0 Å². The minimum Gasteiger partial charge on any atom is -0.330 e. The summed E-state index contributed by atoms with van der Waals surface area (Å²) in [7, 11) is -2.69. The van der Waals surface area contributed by atoms with Gasteiger partial charge in [-0.15, -0.1) is 0 Å². The predicted molar refractivity (Wildman–Crippen MR) is 54.2 cm³/mol. The van der Waals surface area contributed by atoms with E-state index in [1.165, 1.54) is 0 Å². The Labute approximate surface area is 80.6 Å². The minimum absolute atomic E-state index is 0.384. The van der Waals surface area contributed by atoms with Crippen molar-refractivity contribution >= 4 is 9.84 Å². The molecule has 0 bridgehead atoms. The molecule has 0 aromatic carbocycles. The summed E-state index contributed by atoms with van der Waals surface area (Å²) in [5.41, 5.74) is 5.52. The topological polar surface area (TPSA) is 60.2 Å². The highest BCUT2D eigenvalue weighted by molar-refractivity contribution is 7.91. The third-order valence-electron chi connectivity index (χ3n) is 2.81. The Morgan fingerprint density at radius 1 is 1.38 bits per heavy atom. The lowest BCUT2D eigenvalue weighted by atomic mass is 9.91. The van der Waals surface area contributed by atoms with Crippen molar-refractivity contribution in [1.29, 1.82) is 0 Å². The molecule has 0 aliphatic carbocycles. The molecule has 1 unspecified atom stereocenters. The minimum atomic E-state index is -2.69. The van der Waals surface area contributed by atoms with Crippen molar-refractivity contribution in [3.8, 4) is 0 Å². The van der Waals surface area contributed by atoms with E-state index in [4.69, 9.17) is 5.73 Å². The molecule has 1 aliphatic rings. The Morgan fingerprint density at radius 2 is 1.92 bits per heavy atom. The molecule has 0 amide bonds. The molecule has 1 fully saturated rings. The van der Waals surface area contributed by atoms with E-state index in [0.29, 0.717) is 29.9 Å². The molecule has 0 spiro atoms. The van der Waals surface area contributed by atoms with Gasteiger partial charge in [-0.25, -0.2) is 8.42 Å². The first kappa shape index (κ1) is 11.0. The van der Waals surface area contributed by atoms with Gasteiger partial charge in [-0.1, -0.05) is 6.92 Å². The quantitative estimate of drug-likeness (QED) is 0.741. The van der Waals surface area contributed by atoms with Crippen molar-refractivity contribution < 1.29 is 8.42 Å². The maximum absolute atomic E-state index is 11.1. The number of hydrogen-bond acceptors (Lipinski definition) is 3. The number of sulfone groups is 1. The normalized spacial score (nSPS) is 25.7. The van der Waals surface area contributed by atoms with E-state index in [0.717, 1.165) is 19.3 Å². The largest absolute Gasteiger partial charge is 0.330 e. The van der Waals surface area contributed by atoms with Crippen molar-refractivity contribution in [2.75, 3.05) is 18.1 Å². The van der Waals surface area contributed by atoms with Crippen LogP contribution < -0.4 is 5.73 Å². The van der Waals surface area contributed by atoms with E-state index in [1.54, 1.807) is 0 Å². The second kappa shape index (κ2) is 4.42. The molecule has 1 heterocycles. The Hall–Kier alpha value is -0.0900. The van der Waals surface area contributed by atoms with Crippen LogP contribution >= 0.6 is 0 Å². The highest BCUT2D eigenvalue weighted by Crippen LogP contribution is 2.24. The van der Waals surface area contributed by atoms with Gasteiger partial charge in [-0.2, -0.15) is 0 Å². The van der Waals surface area contributed by atoms with Gasteiger partial charge in [0.1, 0.15) is 9.84 Å². The summed E-state index contributed by atoms with van der Waals surface area (Å²) in [6.07, 6.45) is 2.77. The van der Waals surface area contributed by atoms with Crippen LogP contribution in [0.1, 0.15) is 26.2 Å². The first-order valence-electron chi connectivity index (χ1n) is 4.94. The average molecular weight is 205 g/mol. The Kier molecular flexibility index (Phi) is 3.74. The van der Waals surface area contributed by atoms with Crippen LogP contribution in [0.15, 0.2) is 0 Å². The maximum atomic E-state index is 11.1. The van der Waals surface area contributed by atoms with Crippen LogP contribution in [-0.2, 0) is 9.84 Å².